The van der Waals surface area contributed by atoms with Crippen LogP contribution in [0.1, 0.15) is 18.4 Å². The average Bonchev–Trinajstić information content (AvgIpc) is 2.75. The number of piperidine rings is 1. The van der Waals surface area contributed by atoms with Gasteiger partial charge in [0.1, 0.15) is 0 Å². The fourth-order valence-electron chi connectivity index (χ4n) is 3.76. The standard InChI is InChI=1S/C21H24N6O2/c1-25-14-23-11-18(21(25)29)13-26-8-4-16(5-9-26)12-27-15-24-19(10-20(27)28)17-2-6-22-7-3-17/h2-3,6-7,10-11,14-16H,4-5,8-9,12-13H2,1H3. The first-order valence-electron chi connectivity index (χ1n) is 9.79. The Bertz CT molecular complexity index is 1080. The third kappa shape index (κ3) is 4.48. The van der Waals surface area contributed by atoms with Crippen molar-refractivity contribution < 1.29 is 0 Å². The van der Waals surface area contributed by atoms with Crippen LogP contribution >= 0.6 is 0 Å². The molecular weight excluding hydrogens is 368 g/mol. The Labute approximate surface area is 168 Å². The van der Waals surface area contributed by atoms with Crippen LogP contribution in [0.4, 0.5) is 0 Å². The van der Waals surface area contributed by atoms with Crippen LogP contribution in [-0.2, 0) is 20.1 Å². The van der Waals surface area contributed by atoms with Crippen LogP contribution < -0.4 is 11.1 Å². The molecule has 4 rings (SSSR count). The first-order chi connectivity index (χ1) is 14.1. The first kappa shape index (κ1) is 19.2. The SMILES string of the molecule is Cn1cncc(CN2CCC(Cn3cnc(-c4ccncc4)cc3=O)CC2)c1=O. The molecule has 0 unspecified atom stereocenters. The summed E-state index contributed by atoms with van der Waals surface area (Å²) < 4.78 is 3.21. The molecule has 0 atom stereocenters. The van der Waals surface area contributed by atoms with Crippen LogP contribution in [0.2, 0.25) is 0 Å². The van der Waals surface area contributed by atoms with Crippen molar-refractivity contribution in [3.63, 3.8) is 0 Å². The summed E-state index contributed by atoms with van der Waals surface area (Å²) in [6, 6.07) is 5.28. The van der Waals surface area contributed by atoms with Gasteiger partial charge in [0.05, 0.1) is 18.3 Å². The van der Waals surface area contributed by atoms with E-state index in [0.29, 0.717) is 24.7 Å². The molecule has 1 saturated heterocycles. The molecule has 8 nitrogen and oxygen atoms in total. The zero-order valence-electron chi connectivity index (χ0n) is 16.4. The highest BCUT2D eigenvalue weighted by Gasteiger charge is 2.21. The van der Waals surface area contributed by atoms with Crippen LogP contribution in [0.25, 0.3) is 11.3 Å². The van der Waals surface area contributed by atoms with Gasteiger partial charge in [-0.3, -0.25) is 24.0 Å². The number of pyridine rings is 1. The van der Waals surface area contributed by atoms with Crippen LogP contribution in [0, 0.1) is 5.92 Å². The Hall–Kier alpha value is -3.13. The van der Waals surface area contributed by atoms with Crippen LogP contribution in [0.3, 0.4) is 0 Å². The molecule has 150 valence electrons. The topological polar surface area (TPSA) is 85.9 Å². The van der Waals surface area contributed by atoms with Crippen molar-refractivity contribution in [3.8, 4) is 11.3 Å². The van der Waals surface area contributed by atoms with Crippen LogP contribution in [0.15, 0.2) is 59.0 Å². The number of likely N-dealkylation sites (tertiary alicyclic amines) is 1. The molecule has 0 radical (unpaired) electrons. The Kier molecular flexibility index (Phi) is 5.62. The molecule has 0 aliphatic carbocycles. The number of rotatable bonds is 5. The van der Waals surface area contributed by atoms with Crippen LogP contribution in [0.5, 0.6) is 0 Å². The lowest BCUT2D eigenvalue weighted by Gasteiger charge is -2.31. The maximum atomic E-state index is 12.5. The van der Waals surface area contributed by atoms with Crippen molar-refractivity contribution in [1.29, 1.82) is 0 Å². The van der Waals surface area contributed by atoms with Crippen molar-refractivity contribution in [3.05, 3.63) is 75.7 Å². The molecule has 0 N–H and O–H groups in total. The van der Waals surface area contributed by atoms with Crippen molar-refractivity contribution in [1.82, 2.24) is 29.0 Å². The summed E-state index contributed by atoms with van der Waals surface area (Å²) in [6.07, 6.45) is 10.2. The fourth-order valence-corrected chi connectivity index (χ4v) is 3.76. The monoisotopic (exact) mass is 392 g/mol. The normalized spacial score (nSPS) is 15.5. The number of nitrogens with zero attached hydrogens (tertiary/aromatic N) is 6. The maximum absolute atomic E-state index is 12.5. The minimum absolute atomic E-state index is 0.00837. The largest absolute Gasteiger partial charge is 0.302 e. The Morgan fingerprint density at radius 1 is 1.07 bits per heavy atom. The second-order valence-electron chi connectivity index (χ2n) is 7.56. The number of hydrogen-bond donors (Lipinski definition) is 0. The molecule has 1 aliphatic rings. The van der Waals surface area contributed by atoms with E-state index in [2.05, 4.69) is 19.9 Å². The van der Waals surface area contributed by atoms with Gasteiger partial charge in [-0.05, 0) is 44.0 Å². The van der Waals surface area contributed by atoms with E-state index >= 15 is 0 Å². The quantitative estimate of drug-likeness (QED) is 0.651. The minimum Gasteiger partial charge on any atom is -0.302 e. The summed E-state index contributed by atoms with van der Waals surface area (Å²) in [5.41, 5.74) is 2.25. The summed E-state index contributed by atoms with van der Waals surface area (Å²) in [6.45, 7) is 3.10. The Balaban J connectivity index is 1.36. The highest BCUT2D eigenvalue weighted by Crippen LogP contribution is 2.20. The van der Waals surface area contributed by atoms with E-state index in [4.69, 9.17) is 0 Å². The molecule has 3 aromatic heterocycles. The molecule has 0 aromatic carbocycles. The summed E-state index contributed by atoms with van der Waals surface area (Å²) in [5.74, 6) is 0.425. The molecule has 1 aliphatic heterocycles. The van der Waals surface area contributed by atoms with Gasteiger partial charge in [-0.25, -0.2) is 9.97 Å². The van der Waals surface area contributed by atoms with Gasteiger partial charge >= 0.3 is 0 Å². The minimum atomic E-state index is -0.0342. The second kappa shape index (κ2) is 8.48. The van der Waals surface area contributed by atoms with Crippen molar-refractivity contribution in [2.24, 2.45) is 13.0 Å². The highest BCUT2D eigenvalue weighted by atomic mass is 16.1. The predicted molar refractivity (Wildman–Crippen MR) is 109 cm³/mol. The average molecular weight is 392 g/mol. The zero-order valence-corrected chi connectivity index (χ0v) is 16.4. The fraction of sp³-hybridized carbons (Fsp3) is 0.381. The molecule has 0 bridgehead atoms. The highest BCUT2D eigenvalue weighted by molar-refractivity contribution is 5.57. The van der Waals surface area contributed by atoms with Gasteiger partial charge in [0.2, 0.25) is 0 Å². The van der Waals surface area contributed by atoms with E-state index in [1.807, 2.05) is 12.1 Å². The summed E-state index contributed by atoms with van der Waals surface area (Å²) in [5, 5.41) is 0. The predicted octanol–water partition coefficient (Wildman–Crippen LogP) is 1.31. The number of aryl methyl sites for hydroxylation is 1. The van der Waals surface area contributed by atoms with E-state index < -0.39 is 0 Å². The van der Waals surface area contributed by atoms with E-state index in [1.165, 1.54) is 10.9 Å². The summed E-state index contributed by atoms with van der Waals surface area (Å²) in [7, 11) is 1.72. The maximum Gasteiger partial charge on any atom is 0.257 e. The van der Waals surface area contributed by atoms with Gasteiger partial charge in [-0.1, -0.05) is 0 Å². The molecule has 8 heteroatoms. The smallest absolute Gasteiger partial charge is 0.257 e. The van der Waals surface area contributed by atoms with Gasteiger partial charge in [0, 0.05) is 55.9 Å². The number of aromatic nitrogens is 5. The lowest BCUT2D eigenvalue weighted by atomic mass is 9.96. The Morgan fingerprint density at radius 2 is 1.83 bits per heavy atom. The van der Waals surface area contributed by atoms with E-state index in [1.54, 1.807) is 42.6 Å². The van der Waals surface area contributed by atoms with Crippen molar-refractivity contribution in [2.45, 2.75) is 25.9 Å². The first-order valence-corrected chi connectivity index (χ1v) is 9.79. The lowest BCUT2D eigenvalue weighted by Crippen LogP contribution is -2.37. The lowest BCUT2D eigenvalue weighted by molar-refractivity contribution is 0.165. The third-order valence-electron chi connectivity index (χ3n) is 5.48. The molecular formula is C21H24N6O2. The molecule has 1 fully saturated rings. The van der Waals surface area contributed by atoms with E-state index in [0.717, 1.165) is 37.1 Å². The molecule has 0 amide bonds. The Morgan fingerprint density at radius 3 is 2.55 bits per heavy atom. The summed E-state index contributed by atoms with van der Waals surface area (Å²) in [4.78, 5) is 39.5. The third-order valence-corrected chi connectivity index (χ3v) is 5.48. The van der Waals surface area contributed by atoms with Gasteiger partial charge in [0.25, 0.3) is 11.1 Å². The van der Waals surface area contributed by atoms with Gasteiger partial charge in [0.15, 0.2) is 0 Å². The molecule has 29 heavy (non-hydrogen) atoms. The van der Waals surface area contributed by atoms with Gasteiger partial charge < -0.3 is 4.57 Å². The van der Waals surface area contributed by atoms with Crippen molar-refractivity contribution in [2.75, 3.05) is 13.1 Å². The van der Waals surface area contributed by atoms with Gasteiger partial charge in [-0.15, -0.1) is 0 Å². The molecule has 4 heterocycles. The number of hydrogen-bond acceptors (Lipinski definition) is 6. The summed E-state index contributed by atoms with van der Waals surface area (Å²) >= 11 is 0. The van der Waals surface area contributed by atoms with Gasteiger partial charge in [-0.2, -0.15) is 0 Å². The molecule has 0 spiro atoms. The molecule has 3 aromatic rings. The zero-order chi connectivity index (χ0) is 20.2. The van der Waals surface area contributed by atoms with E-state index in [-0.39, 0.29) is 11.1 Å². The van der Waals surface area contributed by atoms with E-state index in [9.17, 15) is 9.59 Å². The van der Waals surface area contributed by atoms with Crippen molar-refractivity contribution >= 4 is 0 Å². The molecule has 0 saturated carbocycles. The van der Waals surface area contributed by atoms with Crippen LogP contribution in [-0.4, -0.2) is 42.1 Å². The second-order valence-corrected chi connectivity index (χ2v) is 7.56.